The van der Waals surface area contributed by atoms with Crippen molar-refractivity contribution in [3.8, 4) is 0 Å². The second kappa shape index (κ2) is 8.58. The molecule has 2 aromatic heterocycles. The topological polar surface area (TPSA) is 103 Å². The average molecular weight is 446 g/mol. The maximum atomic E-state index is 14.9. The van der Waals surface area contributed by atoms with E-state index >= 15 is 0 Å². The molecule has 3 aromatic rings. The Labute approximate surface area is 180 Å². The van der Waals surface area contributed by atoms with Gasteiger partial charge in [-0.15, -0.1) is 0 Å². The Kier molecular flexibility index (Phi) is 5.83. The Bertz CT molecular complexity index is 1260. The number of aromatic amines is 1. The number of rotatable bonds is 5. The minimum atomic E-state index is -0.846. The first kappa shape index (κ1) is 21.8. The molecule has 11 heteroatoms. The number of anilines is 1. The smallest absolute Gasteiger partial charge is 0.269 e. The van der Waals surface area contributed by atoms with E-state index in [-0.39, 0.29) is 46.3 Å². The molecule has 1 aliphatic heterocycles. The summed E-state index contributed by atoms with van der Waals surface area (Å²) < 4.78 is 43.8. The van der Waals surface area contributed by atoms with E-state index in [0.29, 0.717) is 19.5 Å². The zero-order valence-electron chi connectivity index (χ0n) is 17.4. The summed E-state index contributed by atoms with van der Waals surface area (Å²) in [6.07, 6.45) is 0.616. The van der Waals surface area contributed by atoms with Crippen molar-refractivity contribution >= 4 is 22.6 Å². The molecule has 1 aliphatic rings. The lowest BCUT2D eigenvalue weighted by Gasteiger charge is -2.19. The maximum Gasteiger partial charge on any atom is 0.269 e. The van der Waals surface area contributed by atoms with Gasteiger partial charge in [-0.1, -0.05) is 0 Å². The minimum absolute atomic E-state index is 0.0158. The summed E-state index contributed by atoms with van der Waals surface area (Å²) in [5.41, 5.74) is -0.539. The Morgan fingerprint density at radius 2 is 2.06 bits per heavy atom. The lowest BCUT2D eigenvalue weighted by molar-refractivity contribution is 0.0957. The lowest BCUT2D eigenvalue weighted by atomic mass is 10.1. The van der Waals surface area contributed by atoms with Gasteiger partial charge in [-0.05, 0) is 25.5 Å². The highest BCUT2D eigenvalue weighted by Gasteiger charge is 2.26. The van der Waals surface area contributed by atoms with Crippen LogP contribution in [0.2, 0.25) is 0 Å². The Morgan fingerprint density at radius 1 is 1.28 bits per heavy atom. The molecule has 32 heavy (non-hydrogen) atoms. The van der Waals surface area contributed by atoms with E-state index in [1.165, 1.54) is 26.1 Å². The molecule has 3 heterocycles. The van der Waals surface area contributed by atoms with Gasteiger partial charge in [0.2, 0.25) is 5.95 Å². The minimum Gasteiger partial charge on any atom is -0.377 e. The third-order valence-corrected chi connectivity index (χ3v) is 5.47. The normalized spacial score (nSPS) is 16.5. The number of amides is 1. The van der Waals surface area contributed by atoms with E-state index in [0.717, 1.165) is 6.07 Å². The van der Waals surface area contributed by atoms with Crippen LogP contribution >= 0.6 is 0 Å². The third kappa shape index (κ3) is 4.15. The molecule has 1 amide bonds. The zero-order valence-corrected chi connectivity index (χ0v) is 17.4. The van der Waals surface area contributed by atoms with Crippen molar-refractivity contribution in [3.63, 3.8) is 0 Å². The predicted molar refractivity (Wildman–Crippen MR) is 112 cm³/mol. The monoisotopic (exact) mass is 446 g/mol. The second-order valence-electron chi connectivity index (χ2n) is 7.68. The van der Waals surface area contributed by atoms with Gasteiger partial charge in [-0.2, -0.15) is 4.39 Å². The van der Waals surface area contributed by atoms with Gasteiger partial charge >= 0.3 is 0 Å². The van der Waals surface area contributed by atoms with E-state index in [1.807, 2.05) is 4.90 Å². The van der Waals surface area contributed by atoms with E-state index in [9.17, 15) is 22.8 Å². The van der Waals surface area contributed by atoms with Gasteiger partial charge in [0.25, 0.3) is 11.5 Å². The van der Waals surface area contributed by atoms with Crippen LogP contribution in [0, 0.1) is 24.5 Å². The molecule has 0 aliphatic carbocycles. The number of halogens is 3. The average Bonchev–Trinajstić information content (AvgIpc) is 3.20. The molecule has 1 unspecified atom stereocenters. The molecule has 1 fully saturated rings. The SMILES string of the molecule is CNC(=O)c1ccc(NC2CCN(Cc3c(F)cc4nc(C)c(=O)[nH]c4c3F)C2)c(F)n1. The molecule has 0 saturated carbocycles. The highest BCUT2D eigenvalue weighted by atomic mass is 19.1. The predicted octanol–water partition coefficient (Wildman–Crippen LogP) is 2.09. The molecule has 1 atom stereocenters. The molecular weight excluding hydrogens is 425 g/mol. The number of carbonyl (C=O) groups is 1. The van der Waals surface area contributed by atoms with Gasteiger partial charge in [0.1, 0.15) is 22.7 Å². The number of aromatic nitrogens is 3. The second-order valence-corrected chi connectivity index (χ2v) is 7.68. The highest BCUT2D eigenvalue weighted by Crippen LogP contribution is 2.25. The summed E-state index contributed by atoms with van der Waals surface area (Å²) in [4.78, 5) is 35.2. The van der Waals surface area contributed by atoms with Gasteiger partial charge in [0, 0.05) is 44.4 Å². The fourth-order valence-electron chi connectivity index (χ4n) is 3.77. The molecule has 3 N–H and O–H groups in total. The Hall–Kier alpha value is -3.47. The number of H-pyrrole nitrogens is 1. The number of aryl methyl sites for hydroxylation is 1. The van der Waals surface area contributed by atoms with Crippen molar-refractivity contribution in [1.82, 2.24) is 25.2 Å². The first-order valence-electron chi connectivity index (χ1n) is 10.0. The Morgan fingerprint density at radius 3 is 2.78 bits per heavy atom. The number of pyridine rings is 1. The van der Waals surface area contributed by atoms with E-state index in [2.05, 4.69) is 25.6 Å². The van der Waals surface area contributed by atoms with Crippen LogP contribution in [-0.4, -0.2) is 51.9 Å². The molecule has 0 bridgehead atoms. The molecule has 0 spiro atoms. The summed E-state index contributed by atoms with van der Waals surface area (Å²) in [6, 6.07) is 3.78. The summed E-state index contributed by atoms with van der Waals surface area (Å²) in [5, 5.41) is 5.40. The van der Waals surface area contributed by atoms with Crippen LogP contribution < -0.4 is 16.2 Å². The first-order valence-corrected chi connectivity index (χ1v) is 10.0. The number of hydrogen-bond donors (Lipinski definition) is 3. The quantitative estimate of drug-likeness (QED) is 0.519. The van der Waals surface area contributed by atoms with Crippen LogP contribution in [0.5, 0.6) is 0 Å². The number of nitrogens with one attached hydrogen (secondary N) is 3. The van der Waals surface area contributed by atoms with Gasteiger partial charge < -0.3 is 15.6 Å². The van der Waals surface area contributed by atoms with Crippen molar-refractivity contribution in [1.29, 1.82) is 0 Å². The van der Waals surface area contributed by atoms with Crippen molar-refractivity contribution in [2.24, 2.45) is 0 Å². The summed E-state index contributed by atoms with van der Waals surface area (Å²) in [5.74, 6) is -2.89. The van der Waals surface area contributed by atoms with Crippen LogP contribution in [-0.2, 0) is 6.54 Å². The van der Waals surface area contributed by atoms with Crippen molar-refractivity contribution < 1.29 is 18.0 Å². The molecule has 8 nitrogen and oxygen atoms in total. The van der Waals surface area contributed by atoms with E-state index in [4.69, 9.17) is 0 Å². The Balaban J connectivity index is 1.48. The standard InChI is InChI=1S/C21H21F3N6O2/c1-10-20(31)29-18-16(26-10)7-13(22)12(17(18)23)9-30-6-5-11(8-30)27-14-3-4-15(21(32)25-2)28-19(14)24/h3-4,7,11,27H,5-6,8-9H2,1-2H3,(H,25,32)(H,29,31). The van der Waals surface area contributed by atoms with E-state index < -0.39 is 29.0 Å². The largest absolute Gasteiger partial charge is 0.377 e. The fraction of sp³-hybridized carbons (Fsp3) is 0.333. The number of likely N-dealkylation sites (tertiary alicyclic amines) is 1. The lowest BCUT2D eigenvalue weighted by Crippen LogP contribution is -2.27. The number of nitrogens with zero attached hydrogens (tertiary/aromatic N) is 3. The molecule has 1 aromatic carbocycles. The molecular formula is C21H21F3N6O2. The zero-order chi connectivity index (χ0) is 23.0. The van der Waals surface area contributed by atoms with Gasteiger partial charge in [0.15, 0.2) is 5.82 Å². The highest BCUT2D eigenvalue weighted by molar-refractivity contribution is 5.92. The van der Waals surface area contributed by atoms with Gasteiger partial charge in [-0.3, -0.25) is 14.5 Å². The number of fused-ring (bicyclic) bond motifs is 1. The molecule has 0 radical (unpaired) electrons. The van der Waals surface area contributed by atoms with Crippen molar-refractivity contribution in [2.75, 3.05) is 25.5 Å². The number of hydrogen-bond acceptors (Lipinski definition) is 6. The summed E-state index contributed by atoms with van der Waals surface area (Å²) >= 11 is 0. The fourth-order valence-corrected chi connectivity index (χ4v) is 3.77. The summed E-state index contributed by atoms with van der Waals surface area (Å²) in [7, 11) is 1.43. The van der Waals surface area contributed by atoms with Crippen LogP contribution in [0.4, 0.5) is 18.9 Å². The van der Waals surface area contributed by atoms with Gasteiger partial charge in [0.05, 0.1) is 11.2 Å². The van der Waals surface area contributed by atoms with Crippen LogP contribution in [0.15, 0.2) is 23.0 Å². The summed E-state index contributed by atoms with van der Waals surface area (Å²) in [6.45, 7) is 2.39. The number of benzene rings is 1. The maximum absolute atomic E-state index is 14.9. The third-order valence-electron chi connectivity index (χ3n) is 5.47. The number of carbonyl (C=O) groups excluding carboxylic acids is 1. The molecule has 4 rings (SSSR count). The van der Waals surface area contributed by atoms with Crippen LogP contribution in [0.1, 0.15) is 28.2 Å². The van der Waals surface area contributed by atoms with Gasteiger partial charge in [-0.25, -0.2) is 18.7 Å². The first-order chi connectivity index (χ1) is 15.3. The van der Waals surface area contributed by atoms with Crippen LogP contribution in [0.25, 0.3) is 11.0 Å². The molecule has 1 saturated heterocycles. The van der Waals surface area contributed by atoms with Crippen molar-refractivity contribution in [2.45, 2.75) is 25.9 Å². The molecule has 168 valence electrons. The van der Waals surface area contributed by atoms with E-state index in [1.54, 1.807) is 0 Å². The van der Waals surface area contributed by atoms with Crippen molar-refractivity contribution in [3.05, 3.63) is 63.1 Å². The van der Waals surface area contributed by atoms with Crippen LogP contribution in [0.3, 0.4) is 0 Å².